The van der Waals surface area contributed by atoms with Crippen LogP contribution in [0.4, 0.5) is 0 Å². The monoisotopic (exact) mass is 416 g/mol. The van der Waals surface area contributed by atoms with Gasteiger partial charge in [0.15, 0.2) is 17.0 Å². The second-order valence-corrected chi connectivity index (χ2v) is 8.69. The lowest BCUT2D eigenvalue weighted by Gasteiger charge is -2.27. The van der Waals surface area contributed by atoms with E-state index in [1.165, 1.54) is 29.4 Å². The van der Waals surface area contributed by atoms with Crippen LogP contribution in [0.2, 0.25) is 5.02 Å². The summed E-state index contributed by atoms with van der Waals surface area (Å²) in [4.78, 5) is 31.6. The van der Waals surface area contributed by atoms with Crippen molar-refractivity contribution in [1.82, 2.24) is 18.7 Å². The molecule has 0 spiro atoms. The summed E-state index contributed by atoms with van der Waals surface area (Å²) in [6.07, 6.45) is 2.46. The number of nitrogens with zero attached hydrogens (tertiary/aromatic N) is 4. The molecule has 8 heteroatoms. The molecule has 1 N–H and O–H groups in total. The zero-order valence-electron chi connectivity index (χ0n) is 17.1. The number of imidazole rings is 1. The number of rotatable bonds is 4. The fourth-order valence-electron chi connectivity index (χ4n) is 4.40. The normalized spacial score (nSPS) is 19.7. The van der Waals surface area contributed by atoms with Crippen molar-refractivity contribution in [2.24, 2.45) is 20.0 Å². The first-order valence-electron chi connectivity index (χ1n) is 10.1. The number of quaternary nitrogens is 1. The van der Waals surface area contributed by atoms with Crippen LogP contribution in [0, 0.1) is 5.92 Å². The van der Waals surface area contributed by atoms with Gasteiger partial charge in [-0.2, -0.15) is 0 Å². The van der Waals surface area contributed by atoms with Gasteiger partial charge in [-0.1, -0.05) is 30.7 Å². The maximum atomic E-state index is 13.0. The SMILES string of the molecule is C[C@@H]1CCC[NH+](Cc2nc3c(c(=O)n(C)c(=O)n3C)n2Cc2cccc(Cl)c2)C1. The van der Waals surface area contributed by atoms with Gasteiger partial charge in [-0.3, -0.25) is 13.9 Å². The van der Waals surface area contributed by atoms with Crippen LogP contribution in [0.15, 0.2) is 33.9 Å². The zero-order chi connectivity index (χ0) is 20.7. The van der Waals surface area contributed by atoms with E-state index in [0.717, 1.165) is 35.6 Å². The first-order valence-corrected chi connectivity index (χ1v) is 10.5. The van der Waals surface area contributed by atoms with Crippen LogP contribution < -0.4 is 16.1 Å². The Bertz CT molecular complexity index is 1180. The van der Waals surface area contributed by atoms with Gasteiger partial charge < -0.3 is 9.47 Å². The number of nitrogens with one attached hydrogen (secondary N) is 1. The minimum absolute atomic E-state index is 0.314. The van der Waals surface area contributed by atoms with E-state index < -0.39 is 0 Å². The highest BCUT2D eigenvalue weighted by atomic mass is 35.5. The average Bonchev–Trinajstić information content (AvgIpc) is 3.03. The molecule has 0 bridgehead atoms. The molecule has 0 radical (unpaired) electrons. The minimum atomic E-state index is -0.361. The van der Waals surface area contributed by atoms with Crippen molar-refractivity contribution >= 4 is 22.8 Å². The van der Waals surface area contributed by atoms with E-state index in [9.17, 15) is 9.59 Å². The topological polar surface area (TPSA) is 66.3 Å². The van der Waals surface area contributed by atoms with Crippen LogP contribution in [-0.2, 0) is 27.2 Å². The molecular formula is C21H27ClN5O2+. The third-order valence-corrected chi connectivity index (χ3v) is 6.16. The van der Waals surface area contributed by atoms with Crippen molar-refractivity contribution < 1.29 is 4.90 Å². The molecule has 1 aliphatic rings. The summed E-state index contributed by atoms with van der Waals surface area (Å²) in [5.74, 6) is 1.52. The summed E-state index contributed by atoms with van der Waals surface area (Å²) in [6, 6.07) is 7.63. The summed E-state index contributed by atoms with van der Waals surface area (Å²) in [6.45, 7) is 5.70. The molecule has 29 heavy (non-hydrogen) atoms. The molecule has 154 valence electrons. The van der Waals surface area contributed by atoms with Gasteiger partial charge >= 0.3 is 5.69 Å². The molecule has 0 saturated carbocycles. The molecule has 0 aliphatic carbocycles. The first kappa shape index (κ1) is 19.9. The molecule has 3 heterocycles. The second kappa shape index (κ2) is 7.80. The average molecular weight is 417 g/mol. The molecule has 4 rings (SSSR count). The second-order valence-electron chi connectivity index (χ2n) is 8.25. The largest absolute Gasteiger partial charge is 0.332 e. The van der Waals surface area contributed by atoms with Gasteiger partial charge in [-0.25, -0.2) is 9.78 Å². The Hall–Kier alpha value is -2.38. The molecule has 1 fully saturated rings. The Labute approximate surface area is 174 Å². The number of likely N-dealkylation sites (tertiary alicyclic amines) is 1. The van der Waals surface area contributed by atoms with Crippen LogP contribution in [-0.4, -0.2) is 31.8 Å². The number of piperidine rings is 1. The summed E-state index contributed by atoms with van der Waals surface area (Å²) < 4.78 is 4.58. The molecule has 1 aromatic carbocycles. The Balaban J connectivity index is 1.86. The summed E-state index contributed by atoms with van der Waals surface area (Å²) >= 11 is 6.18. The molecule has 1 saturated heterocycles. The van der Waals surface area contributed by atoms with Gasteiger partial charge in [0, 0.05) is 31.6 Å². The number of halogens is 1. The van der Waals surface area contributed by atoms with Crippen LogP contribution in [0.5, 0.6) is 0 Å². The third kappa shape index (κ3) is 3.76. The van der Waals surface area contributed by atoms with Gasteiger partial charge in [0.2, 0.25) is 0 Å². The number of hydrogen-bond acceptors (Lipinski definition) is 3. The van der Waals surface area contributed by atoms with E-state index in [-0.39, 0.29) is 11.2 Å². The van der Waals surface area contributed by atoms with Crippen LogP contribution in [0.3, 0.4) is 0 Å². The Kier molecular flexibility index (Phi) is 5.36. The number of benzene rings is 1. The van der Waals surface area contributed by atoms with Crippen molar-refractivity contribution in [2.45, 2.75) is 32.9 Å². The molecule has 0 amide bonds. The van der Waals surface area contributed by atoms with Gasteiger partial charge in [0.25, 0.3) is 5.56 Å². The number of aromatic nitrogens is 4. The lowest BCUT2D eigenvalue weighted by Crippen LogP contribution is -3.12. The van der Waals surface area contributed by atoms with Crippen molar-refractivity contribution in [3.8, 4) is 0 Å². The molecule has 1 aliphatic heterocycles. The predicted molar refractivity (Wildman–Crippen MR) is 114 cm³/mol. The van der Waals surface area contributed by atoms with Crippen molar-refractivity contribution in [2.75, 3.05) is 13.1 Å². The van der Waals surface area contributed by atoms with Crippen molar-refractivity contribution in [3.05, 3.63) is 61.5 Å². The van der Waals surface area contributed by atoms with E-state index in [2.05, 4.69) is 6.92 Å². The molecular weight excluding hydrogens is 390 g/mol. The smallest absolute Gasteiger partial charge is 0.328 e. The summed E-state index contributed by atoms with van der Waals surface area (Å²) in [5.41, 5.74) is 1.23. The number of aryl methyl sites for hydroxylation is 1. The summed E-state index contributed by atoms with van der Waals surface area (Å²) in [5, 5.41) is 0.657. The van der Waals surface area contributed by atoms with Crippen molar-refractivity contribution in [1.29, 1.82) is 0 Å². The highest BCUT2D eigenvalue weighted by Crippen LogP contribution is 2.17. The Morgan fingerprint density at radius 3 is 2.76 bits per heavy atom. The lowest BCUT2D eigenvalue weighted by molar-refractivity contribution is -0.922. The van der Waals surface area contributed by atoms with Gasteiger partial charge in [0.1, 0.15) is 6.54 Å². The van der Waals surface area contributed by atoms with E-state index in [0.29, 0.717) is 28.6 Å². The van der Waals surface area contributed by atoms with E-state index >= 15 is 0 Å². The van der Waals surface area contributed by atoms with Gasteiger partial charge in [0.05, 0.1) is 13.1 Å². The highest BCUT2D eigenvalue weighted by molar-refractivity contribution is 6.30. The zero-order valence-corrected chi connectivity index (χ0v) is 17.9. The first-order chi connectivity index (χ1) is 13.8. The fourth-order valence-corrected chi connectivity index (χ4v) is 4.61. The van der Waals surface area contributed by atoms with E-state index in [1.807, 2.05) is 28.8 Å². The quantitative estimate of drug-likeness (QED) is 0.688. The van der Waals surface area contributed by atoms with E-state index in [4.69, 9.17) is 16.6 Å². The van der Waals surface area contributed by atoms with Crippen LogP contribution in [0.1, 0.15) is 31.2 Å². The molecule has 1 unspecified atom stereocenters. The number of hydrogen-bond donors (Lipinski definition) is 1. The standard InChI is InChI=1S/C21H26ClN5O2/c1-14-6-5-9-26(11-14)13-17-23-19-18(20(28)25(3)21(29)24(19)2)27(17)12-15-7-4-8-16(22)10-15/h4,7-8,10,14H,5-6,9,11-13H2,1-3H3/p+1/t14-/m1/s1. The predicted octanol–water partition coefficient (Wildman–Crippen LogP) is 0.950. The van der Waals surface area contributed by atoms with Crippen molar-refractivity contribution in [3.63, 3.8) is 0 Å². The Morgan fingerprint density at radius 1 is 1.24 bits per heavy atom. The van der Waals surface area contributed by atoms with Gasteiger partial charge in [-0.15, -0.1) is 0 Å². The van der Waals surface area contributed by atoms with Crippen LogP contribution >= 0.6 is 11.6 Å². The number of fused-ring (bicyclic) bond motifs is 1. The maximum absolute atomic E-state index is 13.0. The third-order valence-electron chi connectivity index (χ3n) is 5.93. The molecule has 7 nitrogen and oxygen atoms in total. The fraction of sp³-hybridized carbons (Fsp3) is 0.476. The van der Waals surface area contributed by atoms with E-state index in [1.54, 1.807) is 7.05 Å². The van der Waals surface area contributed by atoms with Gasteiger partial charge in [-0.05, 0) is 30.5 Å². The highest BCUT2D eigenvalue weighted by Gasteiger charge is 2.25. The van der Waals surface area contributed by atoms with Crippen LogP contribution in [0.25, 0.3) is 11.2 Å². The molecule has 2 atom stereocenters. The molecule has 2 aromatic heterocycles. The maximum Gasteiger partial charge on any atom is 0.332 e. The summed E-state index contributed by atoms with van der Waals surface area (Å²) in [7, 11) is 3.18. The lowest BCUT2D eigenvalue weighted by atomic mass is 10.0. The minimum Gasteiger partial charge on any atom is -0.328 e. The molecule has 3 aromatic rings. The Morgan fingerprint density at radius 2 is 2.03 bits per heavy atom.